The summed E-state index contributed by atoms with van der Waals surface area (Å²) in [5, 5.41) is 20.2. The van der Waals surface area contributed by atoms with Gasteiger partial charge in [-0.3, -0.25) is 14.7 Å². The van der Waals surface area contributed by atoms with E-state index < -0.39 is 23.9 Å². The molecular weight excluding hydrogens is 565 g/mol. The van der Waals surface area contributed by atoms with Crippen LogP contribution in [0.3, 0.4) is 0 Å². The first-order valence-corrected chi connectivity index (χ1v) is 14.1. The van der Waals surface area contributed by atoms with Gasteiger partial charge in [-0.2, -0.15) is 18.2 Å². The minimum absolute atomic E-state index is 0.119. The van der Waals surface area contributed by atoms with Crippen LogP contribution in [0.2, 0.25) is 0 Å². The van der Waals surface area contributed by atoms with Gasteiger partial charge in [0.2, 0.25) is 6.04 Å². The molecule has 3 atom stereocenters. The topological polar surface area (TPSA) is 107 Å². The molecule has 2 saturated heterocycles. The molecule has 226 valence electrons. The van der Waals surface area contributed by atoms with Crippen LogP contribution in [0.25, 0.3) is 0 Å². The third-order valence-electron chi connectivity index (χ3n) is 8.00. The molecule has 1 aromatic heterocycles. The molecule has 1 unspecified atom stereocenters. The normalized spacial score (nSPS) is 22.0. The molecule has 0 saturated carbocycles. The lowest BCUT2D eigenvalue weighted by Crippen LogP contribution is -2.90. The molecule has 1 amide bonds. The second kappa shape index (κ2) is 11.5. The zero-order valence-electron chi connectivity index (χ0n) is 23.6. The van der Waals surface area contributed by atoms with Gasteiger partial charge in [0.25, 0.3) is 5.91 Å². The molecular formula is C30H31F3N6O4. The Morgan fingerprint density at radius 1 is 1.12 bits per heavy atom. The van der Waals surface area contributed by atoms with E-state index in [1.54, 1.807) is 24.3 Å². The van der Waals surface area contributed by atoms with Crippen molar-refractivity contribution in [2.45, 2.75) is 31.9 Å². The fourth-order valence-corrected chi connectivity index (χ4v) is 5.55. The standard InChI is InChI=1S/C30H31F3N6O4/c1-3-37-10-12-38(13-11-37)17-19-5-4-18(14-23(19)30(31,32)33)27(40)36-39-26-22-15-20(6-7-25(22)43-29(26)39)42-21-8-9-35-24(16-21)28(41)34-2/h4-9,14-16,26,29H,3,10-13,17H2,1-2H3,(H,34,41)(H,36,40)/t26-,29+,39?/m1/s1. The van der Waals surface area contributed by atoms with Crippen LogP contribution >= 0.6 is 0 Å². The zero-order chi connectivity index (χ0) is 30.3. The van der Waals surface area contributed by atoms with Gasteiger partial charge in [-0.25, -0.2) is 0 Å². The van der Waals surface area contributed by atoms with Crippen molar-refractivity contribution in [1.82, 2.24) is 20.1 Å². The van der Waals surface area contributed by atoms with Crippen molar-refractivity contribution in [3.8, 4) is 17.2 Å². The third kappa shape index (κ3) is 6.01. The highest BCUT2D eigenvalue weighted by atomic mass is 19.4. The number of halogens is 3. The Kier molecular flexibility index (Phi) is 7.71. The van der Waals surface area contributed by atoms with Gasteiger partial charge in [0.05, 0.1) is 17.0 Å². The molecule has 43 heavy (non-hydrogen) atoms. The molecule has 3 aromatic rings. The third-order valence-corrected chi connectivity index (χ3v) is 8.00. The number of pyridine rings is 1. The highest BCUT2D eigenvalue weighted by Gasteiger charge is 2.65. The first-order chi connectivity index (χ1) is 20.6. The van der Waals surface area contributed by atoms with E-state index in [9.17, 15) is 23.1 Å². The fourth-order valence-electron chi connectivity index (χ4n) is 5.55. The quantitative estimate of drug-likeness (QED) is 0.232. The summed E-state index contributed by atoms with van der Waals surface area (Å²) in [6.07, 6.45) is -3.58. The van der Waals surface area contributed by atoms with Gasteiger partial charge in [0.1, 0.15) is 22.9 Å². The molecule has 0 radical (unpaired) electrons. The van der Waals surface area contributed by atoms with Crippen LogP contribution in [0.5, 0.6) is 17.2 Å². The number of amides is 1. The van der Waals surface area contributed by atoms with Gasteiger partial charge in [-0.15, -0.1) is 0 Å². The number of quaternary nitrogens is 1. The summed E-state index contributed by atoms with van der Waals surface area (Å²) in [5.41, 5.74) is 0.185. The predicted octanol–water partition coefficient (Wildman–Crippen LogP) is 1.77. The molecule has 10 nitrogen and oxygen atoms in total. The Balaban J connectivity index is 1.16. The van der Waals surface area contributed by atoms with Gasteiger partial charge in [-0.05, 0) is 48.0 Å². The number of piperazine rings is 1. The van der Waals surface area contributed by atoms with Crippen molar-refractivity contribution in [2.24, 2.45) is 5.10 Å². The summed E-state index contributed by atoms with van der Waals surface area (Å²) in [6, 6.07) is 11.8. The maximum Gasteiger partial charge on any atom is 0.416 e. The van der Waals surface area contributed by atoms with E-state index >= 15 is 0 Å². The lowest BCUT2D eigenvalue weighted by atomic mass is 10.0. The van der Waals surface area contributed by atoms with Gasteiger partial charge < -0.3 is 24.8 Å². The second-order valence-corrected chi connectivity index (χ2v) is 10.7. The van der Waals surface area contributed by atoms with Crippen LogP contribution in [0.1, 0.15) is 45.7 Å². The van der Waals surface area contributed by atoms with E-state index in [0.717, 1.165) is 31.3 Å². The highest BCUT2D eigenvalue weighted by Crippen LogP contribution is 2.42. The van der Waals surface area contributed by atoms with E-state index in [0.29, 0.717) is 35.3 Å². The molecule has 3 aliphatic heterocycles. The number of carbonyl (C=O) groups is 1. The summed E-state index contributed by atoms with van der Waals surface area (Å²) < 4.78 is 53.9. The van der Waals surface area contributed by atoms with Crippen molar-refractivity contribution < 1.29 is 37.6 Å². The van der Waals surface area contributed by atoms with E-state index in [-0.39, 0.29) is 35.3 Å². The van der Waals surface area contributed by atoms with Gasteiger partial charge >= 0.3 is 12.4 Å². The van der Waals surface area contributed by atoms with Gasteiger partial charge in [0.15, 0.2) is 0 Å². The lowest BCUT2D eigenvalue weighted by molar-refractivity contribution is -0.815. The van der Waals surface area contributed by atoms with Crippen LogP contribution < -0.4 is 24.9 Å². The summed E-state index contributed by atoms with van der Waals surface area (Å²) in [4.78, 5) is 20.2. The van der Waals surface area contributed by atoms with Crippen molar-refractivity contribution >= 4 is 11.8 Å². The number of ether oxygens (including phenoxy) is 2. The van der Waals surface area contributed by atoms with E-state index in [1.165, 1.54) is 31.4 Å². The zero-order valence-corrected chi connectivity index (χ0v) is 23.6. The number of hydrogen-bond acceptors (Lipinski definition) is 8. The molecule has 3 aliphatic rings. The maximum atomic E-state index is 14.0. The molecule has 13 heteroatoms. The maximum absolute atomic E-state index is 14.0. The number of nitrogens with zero attached hydrogens (tertiary/aromatic N) is 4. The van der Waals surface area contributed by atoms with Crippen molar-refractivity contribution in [3.05, 3.63) is 82.7 Å². The summed E-state index contributed by atoms with van der Waals surface area (Å²) in [7, 11) is 1.51. The van der Waals surface area contributed by atoms with Crippen molar-refractivity contribution in [2.75, 3.05) is 39.8 Å². The van der Waals surface area contributed by atoms with E-state index in [1.807, 2.05) is 4.90 Å². The number of benzene rings is 2. The molecule has 0 bridgehead atoms. The average molecular weight is 597 g/mol. The highest BCUT2D eigenvalue weighted by molar-refractivity contribution is 5.92. The summed E-state index contributed by atoms with van der Waals surface area (Å²) in [6.45, 7) is 6.16. The van der Waals surface area contributed by atoms with E-state index in [4.69, 9.17) is 9.47 Å². The monoisotopic (exact) mass is 596 g/mol. The van der Waals surface area contributed by atoms with E-state index in [2.05, 4.69) is 27.2 Å². The molecule has 0 aliphatic carbocycles. The Labute approximate surface area is 246 Å². The SMILES string of the molecule is CCN1CCN(Cc2ccc(C([O-])=N[NH+]3[C@@H]4c5cc(Oc6ccnc(C(=O)NC)c6)ccc5O[C@@H]43)cc2C(F)(F)F)CC1. The number of hydrogen-bond donors (Lipinski definition) is 2. The van der Waals surface area contributed by atoms with Crippen LogP contribution in [0.4, 0.5) is 13.2 Å². The fraction of sp³-hybridized carbons (Fsp3) is 0.367. The molecule has 2 N–H and O–H groups in total. The Morgan fingerprint density at radius 2 is 1.86 bits per heavy atom. The molecule has 2 fully saturated rings. The average Bonchev–Trinajstić information content (AvgIpc) is 3.52. The lowest BCUT2D eigenvalue weighted by Gasteiger charge is -2.34. The number of nitrogens with one attached hydrogen (secondary N) is 2. The van der Waals surface area contributed by atoms with Gasteiger partial charge in [-0.1, -0.05) is 24.2 Å². The molecule has 6 rings (SSSR count). The van der Waals surface area contributed by atoms with Crippen LogP contribution in [0.15, 0.2) is 59.8 Å². The predicted molar refractivity (Wildman–Crippen MR) is 148 cm³/mol. The first-order valence-electron chi connectivity index (χ1n) is 14.1. The number of likely N-dealkylation sites (N-methyl/N-ethyl adjacent to an activating group) is 1. The minimum atomic E-state index is -4.60. The Hall–Kier alpha value is -4.20. The number of carbonyl (C=O) groups excluding carboxylic acids is 1. The van der Waals surface area contributed by atoms with Crippen molar-refractivity contribution in [1.29, 1.82) is 0 Å². The largest absolute Gasteiger partial charge is 0.855 e. The Bertz CT molecular complexity index is 1560. The number of alkyl halides is 3. The van der Waals surface area contributed by atoms with Crippen molar-refractivity contribution in [3.63, 3.8) is 0 Å². The smallest absolute Gasteiger partial charge is 0.416 e. The van der Waals surface area contributed by atoms with Crippen LogP contribution in [-0.2, 0) is 12.7 Å². The molecule has 0 spiro atoms. The summed E-state index contributed by atoms with van der Waals surface area (Å²) >= 11 is 0. The first kappa shape index (κ1) is 28.9. The Morgan fingerprint density at radius 3 is 2.58 bits per heavy atom. The van der Waals surface area contributed by atoms with Crippen LogP contribution in [-0.4, -0.2) is 72.6 Å². The second-order valence-electron chi connectivity index (χ2n) is 10.7. The van der Waals surface area contributed by atoms with Gasteiger partial charge in [0, 0.05) is 52.0 Å². The minimum Gasteiger partial charge on any atom is -0.855 e. The number of rotatable bonds is 8. The van der Waals surface area contributed by atoms with Crippen LogP contribution in [0, 0.1) is 0 Å². The summed E-state index contributed by atoms with van der Waals surface area (Å²) in [5.74, 6) is 0.431. The molecule has 4 heterocycles. The number of aromatic nitrogens is 1. The molecule has 2 aromatic carbocycles. The number of fused-ring (bicyclic) bond motifs is 3.